The molecule has 0 aromatic heterocycles. The fraction of sp³-hybridized carbons (Fsp3) is 0.667. The number of rotatable bonds is 5. The first kappa shape index (κ1) is 21.0. The molecule has 0 saturated heterocycles. The summed E-state index contributed by atoms with van der Waals surface area (Å²) in [5.41, 5.74) is -0.989. The van der Waals surface area contributed by atoms with Crippen molar-refractivity contribution in [2.45, 2.75) is 62.3 Å². The predicted molar refractivity (Wildman–Crippen MR) is 112 cm³/mol. The monoisotopic (exact) mass is 443 g/mol. The van der Waals surface area contributed by atoms with Crippen LogP contribution in [0, 0.1) is 29.4 Å². The first-order valence-electron chi connectivity index (χ1n) is 10.0. The van der Waals surface area contributed by atoms with E-state index in [2.05, 4.69) is 5.32 Å². The second-order valence-corrected chi connectivity index (χ2v) is 12.4. The Morgan fingerprint density at radius 1 is 1.21 bits per heavy atom. The van der Waals surface area contributed by atoms with Crippen LogP contribution in [0.3, 0.4) is 0 Å². The minimum Gasteiger partial charge on any atom is -0.478 e. The van der Waals surface area contributed by atoms with Crippen molar-refractivity contribution < 1.29 is 21.9 Å². The summed E-state index contributed by atoms with van der Waals surface area (Å²) in [5, 5.41) is 3.44. The van der Waals surface area contributed by atoms with Gasteiger partial charge in [-0.2, -0.15) is 0 Å². The number of ether oxygens (including phenoxy) is 1. The lowest BCUT2D eigenvalue weighted by Crippen LogP contribution is -2.65. The molecule has 8 heteroatoms. The standard InChI is InChI=1S/C21H27F2NO3S2/c1-20(2,27-17-5-4-15(22)8-16(17)23)19(28)24-18-13-6-12-7-14(18)11-21(9-12,10-13)29(3,25)26/h4-5,8,12-14,18H,6-7,9-11H2,1-3H3,(H,24,28). The van der Waals surface area contributed by atoms with E-state index in [1.807, 2.05) is 0 Å². The van der Waals surface area contributed by atoms with Gasteiger partial charge in [-0.1, -0.05) is 12.2 Å². The minimum atomic E-state index is -3.11. The first-order chi connectivity index (χ1) is 13.4. The lowest BCUT2D eigenvalue weighted by molar-refractivity contribution is 0.00495. The maximum Gasteiger partial charge on any atom is 0.168 e. The van der Waals surface area contributed by atoms with Gasteiger partial charge in [-0.25, -0.2) is 17.2 Å². The summed E-state index contributed by atoms with van der Waals surface area (Å²) in [7, 11) is -3.11. The molecule has 0 spiro atoms. The molecule has 4 nitrogen and oxygen atoms in total. The Morgan fingerprint density at radius 2 is 1.83 bits per heavy atom. The van der Waals surface area contributed by atoms with Crippen LogP contribution in [0.2, 0.25) is 0 Å². The average Bonchev–Trinajstić information content (AvgIpc) is 2.59. The highest BCUT2D eigenvalue weighted by molar-refractivity contribution is 7.92. The average molecular weight is 444 g/mol. The minimum absolute atomic E-state index is 0.0540. The van der Waals surface area contributed by atoms with Crippen LogP contribution in [-0.2, 0) is 9.84 Å². The smallest absolute Gasteiger partial charge is 0.168 e. The topological polar surface area (TPSA) is 55.4 Å². The van der Waals surface area contributed by atoms with Gasteiger partial charge in [-0.3, -0.25) is 0 Å². The third-order valence-corrected chi connectivity index (χ3v) is 9.79. The fourth-order valence-corrected chi connectivity index (χ4v) is 7.59. The third-order valence-electron chi connectivity index (χ3n) is 7.11. The van der Waals surface area contributed by atoms with Gasteiger partial charge in [0, 0.05) is 18.4 Å². The molecule has 1 aromatic rings. The molecule has 0 amide bonds. The molecule has 4 aliphatic carbocycles. The Balaban J connectivity index is 1.49. The Morgan fingerprint density at radius 3 is 2.38 bits per heavy atom. The van der Waals surface area contributed by atoms with E-state index in [1.165, 1.54) is 12.3 Å². The number of sulfone groups is 1. The Hall–Kier alpha value is -1.28. The van der Waals surface area contributed by atoms with Gasteiger partial charge in [0.2, 0.25) is 0 Å². The molecule has 4 saturated carbocycles. The lowest BCUT2D eigenvalue weighted by Gasteiger charge is -2.59. The van der Waals surface area contributed by atoms with Crippen molar-refractivity contribution >= 4 is 27.0 Å². The zero-order valence-corrected chi connectivity index (χ0v) is 18.5. The van der Waals surface area contributed by atoms with Crippen molar-refractivity contribution in [3.8, 4) is 5.75 Å². The van der Waals surface area contributed by atoms with Gasteiger partial charge >= 0.3 is 0 Å². The van der Waals surface area contributed by atoms with Gasteiger partial charge in [-0.15, -0.1) is 0 Å². The number of hydrogen-bond donors (Lipinski definition) is 1. The normalized spacial score (nSPS) is 33.6. The largest absolute Gasteiger partial charge is 0.478 e. The van der Waals surface area contributed by atoms with Gasteiger partial charge in [0.1, 0.15) is 10.8 Å². The molecule has 5 rings (SSSR count). The zero-order chi connectivity index (χ0) is 21.2. The molecule has 1 N–H and O–H groups in total. The molecule has 1 aromatic carbocycles. The van der Waals surface area contributed by atoms with Gasteiger partial charge in [-0.05, 0) is 75.8 Å². The highest BCUT2D eigenvalue weighted by Gasteiger charge is 2.59. The number of halogens is 2. The van der Waals surface area contributed by atoms with E-state index in [4.69, 9.17) is 17.0 Å². The Labute approximate surface area is 176 Å². The van der Waals surface area contributed by atoms with Crippen molar-refractivity contribution in [3.05, 3.63) is 29.8 Å². The molecule has 4 aliphatic rings. The predicted octanol–water partition coefficient (Wildman–Crippen LogP) is 4.03. The van der Waals surface area contributed by atoms with Gasteiger partial charge in [0.25, 0.3) is 0 Å². The number of thiocarbonyl (C=S) groups is 1. The fourth-order valence-electron chi connectivity index (χ4n) is 5.84. The summed E-state index contributed by atoms with van der Waals surface area (Å²) in [6.07, 6.45) is 5.54. The van der Waals surface area contributed by atoms with Crippen molar-refractivity contribution in [2.75, 3.05) is 6.26 Å². The van der Waals surface area contributed by atoms with E-state index < -0.39 is 31.8 Å². The van der Waals surface area contributed by atoms with E-state index >= 15 is 0 Å². The Bertz CT molecular complexity index is 931. The van der Waals surface area contributed by atoms with Crippen LogP contribution >= 0.6 is 12.2 Å². The van der Waals surface area contributed by atoms with Gasteiger partial charge in [0.15, 0.2) is 27.0 Å². The molecular formula is C21H27F2NO3S2. The maximum atomic E-state index is 14.0. The molecule has 29 heavy (non-hydrogen) atoms. The summed E-state index contributed by atoms with van der Waals surface area (Å²) in [6, 6.07) is 3.29. The summed E-state index contributed by atoms with van der Waals surface area (Å²) in [5.74, 6) is -0.514. The second-order valence-electron chi connectivity index (χ2n) is 9.61. The molecule has 160 valence electrons. The summed E-state index contributed by atoms with van der Waals surface area (Å²) in [6.45, 7) is 3.50. The van der Waals surface area contributed by atoms with E-state index in [0.717, 1.165) is 31.4 Å². The first-order valence-corrected chi connectivity index (χ1v) is 12.3. The van der Waals surface area contributed by atoms with Gasteiger partial charge < -0.3 is 10.1 Å². The van der Waals surface area contributed by atoms with Crippen molar-refractivity contribution in [3.63, 3.8) is 0 Å². The van der Waals surface area contributed by atoms with Gasteiger partial charge in [0.05, 0.1) is 4.75 Å². The molecule has 0 aliphatic heterocycles. The van der Waals surface area contributed by atoms with Crippen molar-refractivity contribution in [1.82, 2.24) is 5.32 Å². The lowest BCUT2D eigenvalue weighted by atomic mass is 9.53. The molecular weight excluding hydrogens is 416 g/mol. The quantitative estimate of drug-likeness (QED) is 0.697. The van der Waals surface area contributed by atoms with E-state index in [9.17, 15) is 17.2 Å². The second kappa shape index (κ2) is 6.87. The van der Waals surface area contributed by atoms with Crippen LogP contribution in [0.4, 0.5) is 8.78 Å². The van der Waals surface area contributed by atoms with Crippen molar-refractivity contribution in [2.24, 2.45) is 17.8 Å². The molecule has 0 heterocycles. The van der Waals surface area contributed by atoms with Crippen LogP contribution in [0.25, 0.3) is 0 Å². The van der Waals surface area contributed by atoms with Crippen LogP contribution in [0.1, 0.15) is 46.0 Å². The van der Waals surface area contributed by atoms with Crippen LogP contribution in [-0.4, -0.2) is 36.1 Å². The molecule has 0 radical (unpaired) electrons. The molecule has 2 unspecified atom stereocenters. The molecule has 4 fully saturated rings. The van der Waals surface area contributed by atoms with E-state index in [0.29, 0.717) is 23.7 Å². The van der Waals surface area contributed by atoms with Crippen LogP contribution in [0.5, 0.6) is 5.75 Å². The van der Waals surface area contributed by atoms with E-state index in [1.54, 1.807) is 13.8 Å². The maximum absolute atomic E-state index is 14.0. The molecule has 4 bridgehead atoms. The number of benzene rings is 1. The summed E-state index contributed by atoms with van der Waals surface area (Å²) < 4.78 is 57.4. The SMILES string of the molecule is CC(C)(Oc1ccc(F)cc1F)C(=S)NC1C2CC3CC1CC(S(C)(=O)=O)(C3)C2. The Kier molecular flexibility index (Phi) is 4.97. The van der Waals surface area contributed by atoms with Crippen LogP contribution in [0.15, 0.2) is 18.2 Å². The van der Waals surface area contributed by atoms with Crippen molar-refractivity contribution in [1.29, 1.82) is 0 Å². The number of hydrogen-bond acceptors (Lipinski definition) is 4. The summed E-state index contributed by atoms with van der Waals surface area (Å²) in [4.78, 5) is 0.451. The highest BCUT2D eigenvalue weighted by Crippen LogP contribution is 2.58. The summed E-state index contributed by atoms with van der Waals surface area (Å²) >= 11 is 5.61. The molecule has 2 atom stereocenters. The van der Waals surface area contributed by atoms with Crippen LogP contribution < -0.4 is 10.1 Å². The third kappa shape index (κ3) is 3.67. The van der Waals surface area contributed by atoms with E-state index in [-0.39, 0.29) is 23.6 Å². The number of nitrogens with one attached hydrogen (secondary N) is 1. The highest BCUT2D eigenvalue weighted by atomic mass is 32.2. The zero-order valence-electron chi connectivity index (χ0n) is 16.9.